The molecule has 2 N–H and O–H groups in total. The molecule has 1 aliphatic heterocycles. The molecule has 0 radical (unpaired) electrons. The highest BCUT2D eigenvalue weighted by Gasteiger charge is 2.22. The molecular weight excluding hydrogens is 400 g/mol. The summed E-state index contributed by atoms with van der Waals surface area (Å²) in [5.74, 6) is 0.943. The van der Waals surface area contributed by atoms with E-state index in [1.807, 2.05) is 46.1 Å². The van der Waals surface area contributed by atoms with Crippen LogP contribution >= 0.6 is 0 Å². The quantitative estimate of drug-likeness (QED) is 0.327. The van der Waals surface area contributed by atoms with E-state index < -0.39 is 0 Å². The van der Waals surface area contributed by atoms with Gasteiger partial charge in [-0.25, -0.2) is 0 Å². The topological polar surface area (TPSA) is 74.6 Å². The largest absolute Gasteiger partial charge is 0.356 e. The molecule has 0 bridgehead atoms. The van der Waals surface area contributed by atoms with Gasteiger partial charge in [0.25, 0.3) is 0 Å². The number of carbonyl (C=O) groups excluding carboxylic acids is 1. The number of amides is 1. The third-order valence-electron chi connectivity index (χ3n) is 5.73. The number of carbonyl (C=O) groups is 1. The number of aliphatic imine (C=N–C) groups is 1. The molecule has 0 aliphatic carbocycles. The van der Waals surface area contributed by atoms with Crippen molar-refractivity contribution in [3.8, 4) is 0 Å². The minimum Gasteiger partial charge on any atom is -0.356 e. The summed E-state index contributed by atoms with van der Waals surface area (Å²) in [6.07, 6.45) is 5.06. The second kappa shape index (κ2) is 10.6. The molecule has 32 heavy (non-hydrogen) atoms. The van der Waals surface area contributed by atoms with Crippen LogP contribution in [0.25, 0.3) is 0 Å². The number of nitrogens with zero attached hydrogens (tertiary/aromatic N) is 4. The third kappa shape index (κ3) is 5.55. The van der Waals surface area contributed by atoms with Gasteiger partial charge < -0.3 is 15.5 Å². The molecule has 0 unspecified atom stereocenters. The van der Waals surface area contributed by atoms with Crippen molar-refractivity contribution in [3.63, 3.8) is 0 Å². The first-order valence-electron chi connectivity index (χ1n) is 11.1. The molecule has 0 saturated heterocycles. The third-order valence-corrected chi connectivity index (χ3v) is 5.73. The lowest BCUT2D eigenvalue weighted by atomic mass is 10.1. The summed E-state index contributed by atoms with van der Waals surface area (Å²) in [5.41, 5.74) is 4.94. The molecule has 2 heterocycles. The van der Waals surface area contributed by atoms with Crippen LogP contribution < -0.4 is 10.6 Å². The zero-order valence-electron chi connectivity index (χ0n) is 18.5. The lowest BCUT2D eigenvalue weighted by Crippen LogP contribution is -2.38. The Kier molecular flexibility index (Phi) is 7.17. The van der Waals surface area contributed by atoms with Crippen molar-refractivity contribution in [2.75, 3.05) is 13.6 Å². The molecule has 1 aromatic heterocycles. The van der Waals surface area contributed by atoms with Gasteiger partial charge in [0.2, 0.25) is 5.91 Å². The molecule has 0 saturated carbocycles. The molecule has 0 spiro atoms. The Balaban J connectivity index is 1.20. The molecule has 7 nitrogen and oxygen atoms in total. The van der Waals surface area contributed by atoms with Gasteiger partial charge in [0.05, 0.1) is 6.54 Å². The maximum atomic E-state index is 12.6. The van der Waals surface area contributed by atoms with Gasteiger partial charge in [-0.2, -0.15) is 5.10 Å². The second-order valence-corrected chi connectivity index (χ2v) is 7.95. The van der Waals surface area contributed by atoms with Crippen LogP contribution in [0.2, 0.25) is 0 Å². The highest BCUT2D eigenvalue weighted by Crippen LogP contribution is 2.22. The van der Waals surface area contributed by atoms with Gasteiger partial charge in [-0.1, -0.05) is 48.5 Å². The predicted octanol–water partition coefficient (Wildman–Crippen LogP) is 2.92. The van der Waals surface area contributed by atoms with Gasteiger partial charge in [-0.05, 0) is 34.7 Å². The summed E-state index contributed by atoms with van der Waals surface area (Å²) in [7, 11) is 1.76. The van der Waals surface area contributed by atoms with Gasteiger partial charge in [0.15, 0.2) is 5.96 Å². The Bertz CT molecular complexity index is 1030. The molecule has 166 valence electrons. The van der Waals surface area contributed by atoms with Crippen LogP contribution in [0.5, 0.6) is 0 Å². The fourth-order valence-corrected chi connectivity index (χ4v) is 3.97. The lowest BCUT2D eigenvalue weighted by molar-refractivity contribution is -0.131. The van der Waals surface area contributed by atoms with E-state index in [1.165, 1.54) is 22.3 Å². The molecule has 4 rings (SSSR count). The molecule has 7 heteroatoms. The van der Waals surface area contributed by atoms with Crippen LogP contribution in [-0.2, 0) is 31.0 Å². The summed E-state index contributed by atoms with van der Waals surface area (Å²) in [4.78, 5) is 18.8. The Hall–Kier alpha value is -3.61. The maximum absolute atomic E-state index is 12.6. The zero-order valence-corrected chi connectivity index (χ0v) is 18.5. The van der Waals surface area contributed by atoms with Crippen LogP contribution in [-0.4, -0.2) is 40.1 Å². The minimum atomic E-state index is 0.207. The monoisotopic (exact) mass is 430 g/mol. The van der Waals surface area contributed by atoms with Crippen LogP contribution in [0.15, 0.2) is 72.0 Å². The van der Waals surface area contributed by atoms with Gasteiger partial charge in [0, 0.05) is 52.0 Å². The highest BCUT2D eigenvalue weighted by molar-refractivity contribution is 5.80. The summed E-state index contributed by atoms with van der Waals surface area (Å²) in [6.45, 7) is 3.55. The van der Waals surface area contributed by atoms with E-state index >= 15 is 0 Å². The van der Waals surface area contributed by atoms with Crippen molar-refractivity contribution in [1.82, 2.24) is 25.3 Å². The van der Waals surface area contributed by atoms with Crippen molar-refractivity contribution in [1.29, 1.82) is 0 Å². The van der Waals surface area contributed by atoms with Crippen LogP contribution in [0.1, 0.15) is 35.1 Å². The summed E-state index contributed by atoms with van der Waals surface area (Å²) < 4.78 is 1.92. The lowest BCUT2D eigenvalue weighted by Gasteiger charge is -2.16. The smallest absolute Gasteiger partial charge is 0.223 e. The molecule has 0 fully saturated rings. The number of rotatable bonds is 8. The average molecular weight is 431 g/mol. The summed E-state index contributed by atoms with van der Waals surface area (Å²) >= 11 is 0. The van der Waals surface area contributed by atoms with Crippen molar-refractivity contribution in [2.45, 2.75) is 39.0 Å². The van der Waals surface area contributed by atoms with E-state index in [1.54, 1.807) is 13.2 Å². The van der Waals surface area contributed by atoms with E-state index in [0.717, 1.165) is 32.0 Å². The van der Waals surface area contributed by atoms with E-state index in [-0.39, 0.29) is 5.91 Å². The zero-order chi connectivity index (χ0) is 22.2. The Morgan fingerprint density at radius 2 is 1.72 bits per heavy atom. The van der Waals surface area contributed by atoms with Crippen molar-refractivity contribution in [2.24, 2.45) is 4.99 Å². The molecular formula is C25H30N6O. The van der Waals surface area contributed by atoms with E-state index in [4.69, 9.17) is 0 Å². The number of nitrogens with one attached hydrogen (secondary N) is 2. The Morgan fingerprint density at radius 1 is 1.00 bits per heavy atom. The van der Waals surface area contributed by atoms with Crippen LogP contribution in [0.3, 0.4) is 0 Å². The Labute approximate surface area is 189 Å². The molecule has 1 amide bonds. The van der Waals surface area contributed by atoms with Gasteiger partial charge >= 0.3 is 0 Å². The maximum Gasteiger partial charge on any atom is 0.223 e. The number of aromatic nitrogens is 2. The number of hydrogen-bond acceptors (Lipinski definition) is 3. The highest BCUT2D eigenvalue weighted by atomic mass is 16.2. The van der Waals surface area contributed by atoms with Gasteiger partial charge in [0.1, 0.15) is 0 Å². The first-order chi connectivity index (χ1) is 15.7. The van der Waals surface area contributed by atoms with Crippen molar-refractivity contribution in [3.05, 3.63) is 89.2 Å². The number of guanidine groups is 1. The SMILES string of the molecule is CN=C(NCCCC(=O)N1Cc2ccccc2C1)NCc1ccccc1Cn1cccn1. The molecule has 2 aromatic carbocycles. The molecule has 1 aliphatic rings. The minimum absolute atomic E-state index is 0.207. The number of hydrogen-bond donors (Lipinski definition) is 2. The fraction of sp³-hybridized carbons (Fsp3) is 0.320. The first kappa shape index (κ1) is 21.6. The van der Waals surface area contributed by atoms with Crippen LogP contribution in [0.4, 0.5) is 0 Å². The van der Waals surface area contributed by atoms with Gasteiger partial charge in [-0.3, -0.25) is 14.5 Å². The number of fused-ring (bicyclic) bond motifs is 1. The average Bonchev–Trinajstić information content (AvgIpc) is 3.49. The summed E-state index contributed by atoms with van der Waals surface area (Å²) in [5, 5.41) is 11.0. The van der Waals surface area contributed by atoms with E-state index in [2.05, 4.69) is 45.0 Å². The predicted molar refractivity (Wildman–Crippen MR) is 126 cm³/mol. The number of benzene rings is 2. The molecule has 0 atom stereocenters. The van der Waals surface area contributed by atoms with E-state index in [0.29, 0.717) is 19.5 Å². The van der Waals surface area contributed by atoms with Crippen LogP contribution in [0, 0.1) is 0 Å². The normalized spacial score (nSPS) is 13.2. The standard InChI is InChI=1S/C25H30N6O/c1-26-25(28-16-20-8-2-3-11-23(20)19-31-15-7-14-29-31)27-13-6-12-24(32)30-17-21-9-4-5-10-22(21)18-30/h2-5,7-11,14-15H,6,12-13,16-19H2,1H3,(H2,26,27,28). The summed E-state index contributed by atoms with van der Waals surface area (Å²) in [6, 6.07) is 18.5. The van der Waals surface area contributed by atoms with E-state index in [9.17, 15) is 4.79 Å². The van der Waals surface area contributed by atoms with Crippen molar-refractivity contribution >= 4 is 11.9 Å². The second-order valence-electron chi connectivity index (χ2n) is 7.95. The molecule has 3 aromatic rings. The Morgan fingerprint density at radius 3 is 2.41 bits per heavy atom. The van der Waals surface area contributed by atoms with Crippen molar-refractivity contribution < 1.29 is 4.79 Å². The first-order valence-corrected chi connectivity index (χ1v) is 11.1. The van der Waals surface area contributed by atoms with Gasteiger partial charge in [-0.15, -0.1) is 0 Å². The fourth-order valence-electron chi connectivity index (χ4n) is 3.97.